The van der Waals surface area contributed by atoms with Crippen molar-refractivity contribution in [3.8, 4) is 5.75 Å². The predicted octanol–water partition coefficient (Wildman–Crippen LogP) is 3.62. The van der Waals surface area contributed by atoms with Crippen LogP contribution in [-0.2, 0) is 13.0 Å². The van der Waals surface area contributed by atoms with Crippen molar-refractivity contribution in [2.75, 3.05) is 30.9 Å². The summed E-state index contributed by atoms with van der Waals surface area (Å²) < 4.78 is 5.30. The number of methoxy groups -OCH3 is 1. The van der Waals surface area contributed by atoms with Gasteiger partial charge in [-0.2, -0.15) is 0 Å². The van der Waals surface area contributed by atoms with Crippen LogP contribution in [0.4, 0.5) is 11.4 Å². The molecule has 1 heterocycles. The fraction of sp³-hybridized carbons (Fsp3) is 0.316. The van der Waals surface area contributed by atoms with Crippen LogP contribution >= 0.6 is 24.0 Å². The lowest BCUT2D eigenvalue weighted by atomic mass is 10.00. The average molecular weight is 452 g/mol. The highest BCUT2D eigenvalue weighted by molar-refractivity contribution is 14.0. The Morgan fingerprint density at radius 3 is 2.88 bits per heavy atom. The Hall–Kier alpha value is -1.96. The number of anilines is 2. The van der Waals surface area contributed by atoms with Crippen LogP contribution in [0.25, 0.3) is 0 Å². The van der Waals surface area contributed by atoms with Crippen molar-refractivity contribution in [2.24, 2.45) is 10.7 Å². The third-order valence-electron chi connectivity index (χ3n) is 4.30. The zero-order valence-corrected chi connectivity index (χ0v) is 17.0. The van der Waals surface area contributed by atoms with Gasteiger partial charge in [-0.1, -0.05) is 24.3 Å². The van der Waals surface area contributed by atoms with Gasteiger partial charge in [-0.25, -0.2) is 4.99 Å². The number of ether oxygens (including phenoxy) is 1. The van der Waals surface area contributed by atoms with Gasteiger partial charge in [-0.05, 0) is 42.2 Å². The van der Waals surface area contributed by atoms with Crippen LogP contribution in [0.2, 0.25) is 0 Å². The van der Waals surface area contributed by atoms with Gasteiger partial charge in [0.05, 0.1) is 19.3 Å². The second-order valence-electron chi connectivity index (χ2n) is 6.01. The number of hydrogen-bond acceptors (Lipinski definition) is 3. The van der Waals surface area contributed by atoms with Gasteiger partial charge in [-0.3, -0.25) is 0 Å². The summed E-state index contributed by atoms with van der Waals surface area (Å²) >= 11 is 0. The number of rotatable bonds is 4. The van der Waals surface area contributed by atoms with E-state index in [2.05, 4.69) is 40.5 Å². The molecule has 0 bridgehead atoms. The molecule has 1 aliphatic heterocycles. The van der Waals surface area contributed by atoms with E-state index in [-0.39, 0.29) is 24.0 Å². The zero-order valence-electron chi connectivity index (χ0n) is 14.7. The van der Waals surface area contributed by atoms with E-state index in [0.717, 1.165) is 24.4 Å². The fourth-order valence-electron chi connectivity index (χ4n) is 3.04. The van der Waals surface area contributed by atoms with Gasteiger partial charge in [0.25, 0.3) is 0 Å². The highest BCUT2D eigenvalue weighted by Crippen LogP contribution is 2.27. The fourth-order valence-corrected chi connectivity index (χ4v) is 3.04. The second kappa shape index (κ2) is 8.94. The summed E-state index contributed by atoms with van der Waals surface area (Å²) in [7, 11) is 3.78. The van der Waals surface area contributed by atoms with Crippen molar-refractivity contribution in [2.45, 2.75) is 19.4 Å². The molecule has 0 atom stereocenters. The normalized spacial score (nSPS) is 13.7. The minimum Gasteiger partial charge on any atom is -0.495 e. The number of para-hydroxylation sites is 2. The van der Waals surface area contributed by atoms with E-state index in [1.807, 2.05) is 24.3 Å². The molecule has 0 aromatic heterocycles. The van der Waals surface area contributed by atoms with E-state index in [0.29, 0.717) is 12.5 Å². The van der Waals surface area contributed by atoms with Crippen LogP contribution < -0.4 is 20.7 Å². The standard InChI is InChI=1S/C19H24N4O.HI/c1-23-11-5-6-15-12-14(9-10-17(15)23)13-21-19(20)22-16-7-3-4-8-18(16)24-2;/h3-4,7-10,12H,5-6,11,13H2,1-2H3,(H3,20,21,22);1H. The highest BCUT2D eigenvalue weighted by Gasteiger charge is 2.13. The third-order valence-corrected chi connectivity index (χ3v) is 4.30. The first kappa shape index (κ1) is 19.4. The van der Waals surface area contributed by atoms with Crippen molar-refractivity contribution < 1.29 is 4.74 Å². The molecule has 0 saturated carbocycles. The number of guanidine groups is 1. The lowest BCUT2D eigenvalue weighted by Gasteiger charge is -2.27. The number of aliphatic imine (C=N–C) groups is 1. The monoisotopic (exact) mass is 452 g/mol. The molecule has 1 aliphatic rings. The van der Waals surface area contributed by atoms with Gasteiger partial charge < -0.3 is 20.7 Å². The van der Waals surface area contributed by atoms with E-state index in [1.165, 1.54) is 23.2 Å². The van der Waals surface area contributed by atoms with Gasteiger partial charge in [0.15, 0.2) is 5.96 Å². The topological polar surface area (TPSA) is 62.9 Å². The average Bonchev–Trinajstić information content (AvgIpc) is 2.60. The van der Waals surface area contributed by atoms with Gasteiger partial charge in [0, 0.05) is 19.3 Å². The Kier molecular flexibility index (Phi) is 6.92. The summed E-state index contributed by atoms with van der Waals surface area (Å²) in [5.41, 5.74) is 10.7. The Morgan fingerprint density at radius 1 is 1.28 bits per heavy atom. The van der Waals surface area contributed by atoms with Gasteiger partial charge in [0.1, 0.15) is 5.75 Å². The maximum atomic E-state index is 6.01. The number of nitrogens with zero attached hydrogens (tertiary/aromatic N) is 2. The number of nitrogens with one attached hydrogen (secondary N) is 1. The third kappa shape index (κ3) is 4.78. The first-order chi connectivity index (χ1) is 11.7. The molecule has 3 rings (SSSR count). The molecule has 0 aliphatic carbocycles. The summed E-state index contributed by atoms with van der Waals surface area (Å²) in [5, 5.41) is 3.10. The Bertz CT molecular complexity index is 748. The van der Waals surface area contributed by atoms with E-state index in [9.17, 15) is 0 Å². The summed E-state index contributed by atoms with van der Waals surface area (Å²) in [4.78, 5) is 6.76. The molecule has 0 amide bonds. The van der Waals surface area contributed by atoms with Crippen molar-refractivity contribution >= 4 is 41.3 Å². The van der Waals surface area contributed by atoms with Crippen LogP contribution in [-0.4, -0.2) is 26.7 Å². The largest absolute Gasteiger partial charge is 0.495 e. The number of aryl methyl sites for hydroxylation is 1. The molecule has 5 nitrogen and oxygen atoms in total. The quantitative estimate of drug-likeness (QED) is 0.423. The van der Waals surface area contributed by atoms with Crippen LogP contribution in [0.5, 0.6) is 5.75 Å². The smallest absolute Gasteiger partial charge is 0.193 e. The maximum Gasteiger partial charge on any atom is 0.193 e. The lowest BCUT2D eigenvalue weighted by molar-refractivity contribution is 0.417. The Labute approximate surface area is 166 Å². The van der Waals surface area contributed by atoms with Crippen molar-refractivity contribution in [1.29, 1.82) is 0 Å². The molecule has 2 aromatic carbocycles. The summed E-state index contributed by atoms with van der Waals surface area (Å²) in [5.74, 6) is 1.13. The van der Waals surface area contributed by atoms with Crippen LogP contribution in [0, 0.1) is 0 Å². The zero-order chi connectivity index (χ0) is 16.9. The maximum absolute atomic E-state index is 6.01. The Morgan fingerprint density at radius 2 is 2.08 bits per heavy atom. The Balaban J connectivity index is 0.00000225. The molecule has 0 saturated heterocycles. The molecular weight excluding hydrogens is 427 g/mol. The first-order valence-corrected chi connectivity index (χ1v) is 8.20. The van der Waals surface area contributed by atoms with Crippen LogP contribution in [0.1, 0.15) is 17.5 Å². The van der Waals surface area contributed by atoms with E-state index in [4.69, 9.17) is 10.5 Å². The first-order valence-electron chi connectivity index (χ1n) is 8.20. The molecule has 0 radical (unpaired) electrons. The van der Waals surface area contributed by atoms with Gasteiger partial charge >= 0.3 is 0 Å². The SMILES string of the molecule is COc1ccccc1NC(N)=NCc1ccc2c(c1)CCCN2C.I. The minimum atomic E-state index is 0. The molecule has 0 spiro atoms. The number of hydrogen-bond donors (Lipinski definition) is 2. The molecule has 0 fully saturated rings. The number of benzene rings is 2. The number of nitrogens with two attached hydrogens (primary N) is 1. The second-order valence-corrected chi connectivity index (χ2v) is 6.01. The summed E-state index contributed by atoms with van der Waals surface area (Å²) in [6, 6.07) is 14.2. The van der Waals surface area contributed by atoms with Crippen molar-refractivity contribution in [3.63, 3.8) is 0 Å². The molecule has 25 heavy (non-hydrogen) atoms. The lowest BCUT2D eigenvalue weighted by Crippen LogP contribution is -2.24. The molecular formula is C19H25IN4O. The highest BCUT2D eigenvalue weighted by atomic mass is 127. The number of halogens is 1. The number of fused-ring (bicyclic) bond motifs is 1. The van der Waals surface area contributed by atoms with Crippen LogP contribution in [0.15, 0.2) is 47.5 Å². The predicted molar refractivity (Wildman–Crippen MR) is 115 cm³/mol. The minimum absolute atomic E-state index is 0. The molecule has 6 heteroatoms. The van der Waals surface area contributed by atoms with E-state index >= 15 is 0 Å². The van der Waals surface area contributed by atoms with E-state index in [1.54, 1.807) is 7.11 Å². The molecule has 3 N–H and O–H groups in total. The molecule has 0 unspecified atom stereocenters. The molecule has 134 valence electrons. The van der Waals surface area contributed by atoms with Crippen molar-refractivity contribution in [1.82, 2.24) is 0 Å². The van der Waals surface area contributed by atoms with Crippen LogP contribution in [0.3, 0.4) is 0 Å². The van der Waals surface area contributed by atoms with Gasteiger partial charge in [0.2, 0.25) is 0 Å². The van der Waals surface area contributed by atoms with E-state index < -0.39 is 0 Å². The summed E-state index contributed by atoms with van der Waals surface area (Å²) in [6.45, 7) is 1.69. The summed E-state index contributed by atoms with van der Waals surface area (Å²) in [6.07, 6.45) is 2.33. The van der Waals surface area contributed by atoms with Crippen molar-refractivity contribution in [3.05, 3.63) is 53.6 Å². The molecule has 2 aromatic rings. The van der Waals surface area contributed by atoms with Gasteiger partial charge in [-0.15, -0.1) is 24.0 Å².